The van der Waals surface area contributed by atoms with E-state index in [0.717, 1.165) is 11.8 Å². The molecule has 0 unspecified atom stereocenters. The first-order chi connectivity index (χ1) is 5.04. The Labute approximate surface area is 97.5 Å². The average molecular weight is 203 g/mol. The topological polar surface area (TPSA) is 101 Å². The van der Waals surface area contributed by atoms with Crippen molar-refractivity contribution >= 4 is 23.7 Å². The zero-order chi connectivity index (χ0) is 8.85. The van der Waals surface area contributed by atoms with E-state index in [0.29, 0.717) is 0 Å². The van der Waals surface area contributed by atoms with Crippen LogP contribution in [0.5, 0.6) is 0 Å². The fourth-order valence-electron chi connectivity index (χ4n) is 0.344. The Kier molecular flexibility index (Phi) is 9.69. The van der Waals surface area contributed by atoms with Gasteiger partial charge in [-0.15, -0.1) is 11.8 Å². The van der Waals surface area contributed by atoms with E-state index in [-0.39, 0.29) is 42.5 Å². The molecule has 0 rings (SSSR count). The van der Waals surface area contributed by atoms with E-state index in [4.69, 9.17) is 15.9 Å². The van der Waals surface area contributed by atoms with Crippen LogP contribution >= 0.6 is 11.8 Å². The molecule has 0 saturated heterocycles. The summed E-state index contributed by atoms with van der Waals surface area (Å²) in [4.78, 5) is 20.0. The molecule has 1 atom stereocenters. The summed E-state index contributed by atoms with van der Waals surface area (Å²) in [6.07, 6.45) is 0. The standard InChI is InChI=1S/C5H9NO4S.Na.H/c6-3(5(9)10)1-11-2-4(7)8;;/h3H,1-2,6H2,(H,7,8)(H,9,10);;/q;+1;-1/t3-;;/m1../s1. The van der Waals surface area contributed by atoms with Crippen LogP contribution in [0.1, 0.15) is 1.43 Å². The van der Waals surface area contributed by atoms with Crippen molar-refractivity contribution in [3.05, 3.63) is 0 Å². The fraction of sp³-hybridized carbons (Fsp3) is 0.600. The largest absolute Gasteiger partial charge is 1.00 e. The number of hydrogen-bond acceptors (Lipinski definition) is 4. The van der Waals surface area contributed by atoms with Crippen LogP contribution in [0.25, 0.3) is 0 Å². The molecule has 5 nitrogen and oxygen atoms in total. The van der Waals surface area contributed by atoms with E-state index >= 15 is 0 Å². The smallest absolute Gasteiger partial charge is 1.00 e. The van der Waals surface area contributed by atoms with Gasteiger partial charge in [0, 0.05) is 5.75 Å². The zero-order valence-electron chi connectivity index (χ0n) is 7.69. The molecule has 7 heteroatoms. The summed E-state index contributed by atoms with van der Waals surface area (Å²) in [7, 11) is 0. The molecule has 66 valence electrons. The van der Waals surface area contributed by atoms with Crippen LogP contribution in [0.3, 0.4) is 0 Å². The summed E-state index contributed by atoms with van der Waals surface area (Å²) >= 11 is 0.992. The van der Waals surface area contributed by atoms with E-state index in [1.165, 1.54) is 0 Å². The molecule has 0 aromatic heterocycles. The molecule has 0 heterocycles. The number of carboxylic acids is 2. The first-order valence-corrected chi connectivity index (χ1v) is 3.97. The molecule has 0 aliphatic heterocycles. The molecule has 0 aromatic rings. The number of hydrogen-bond donors (Lipinski definition) is 3. The summed E-state index contributed by atoms with van der Waals surface area (Å²) < 4.78 is 0. The van der Waals surface area contributed by atoms with Gasteiger partial charge in [-0.3, -0.25) is 9.59 Å². The third kappa shape index (κ3) is 8.35. The molecule has 0 fully saturated rings. The number of thioether (sulfide) groups is 1. The summed E-state index contributed by atoms with van der Waals surface area (Å²) in [6, 6.07) is -0.973. The second-order valence-electron chi connectivity index (χ2n) is 1.85. The van der Waals surface area contributed by atoms with Crippen LogP contribution in [-0.4, -0.2) is 39.7 Å². The van der Waals surface area contributed by atoms with E-state index in [2.05, 4.69) is 0 Å². The van der Waals surface area contributed by atoms with Crippen LogP contribution in [-0.2, 0) is 9.59 Å². The number of carbonyl (C=O) groups is 2. The molecular weight excluding hydrogens is 193 g/mol. The maximum absolute atomic E-state index is 10.1. The Morgan fingerprint density at radius 2 is 2.00 bits per heavy atom. The zero-order valence-corrected chi connectivity index (χ0v) is 9.50. The van der Waals surface area contributed by atoms with Gasteiger partial charge >= 0.3 is 41.5 Å². The summed E-state index contributed by atoms with van der Waals surface area (Å²) in [6.45, 7) is 0. The Hall–Kier alpha value is 0.250. The SMILES string of the molecule is N[C@H](CSCC(=O)O)C(=O)O.[H-].[Na+]. The van der Waals surface area contributed by atoms with Crippen molar-refractivity contribution in [3.63, 3.8) is 0 Å². The van der Waals surface area contributed by atoms with Crippen LogP contribution in [0.2, 0.25) is 0 Å². The first kappa shape index (κ1) is 14.8. The van der Waals surface area contributed by atoms with Crippen LogP contribution in [0.4, 0.5) is 0 Å². The van der Waals surface area contributed by atoms with E-state index in [1.54, 1.807) is 0 Å². The second kappa shape index (κ2) is 7.88. The van der Waals surface area contributed by atoms with Crippen LogP contribution in [0, 0.1) is 0 Å². The molecule has 0 aliphatic rings. The molecule has 0 spiro atoms. The molecule has 0 aliphatic carbocycles. The van der Waals surface area contributed by atoms with Crippen molar-refractivity contribution in [2.45, 2.75) is 6.04 Å². The number of aliphatic carboxylic acids is 2. The Bertz CT molecular complexity index is 171. The molecular formula is C5H10NNaO4S. The van der Waals surface area contributed by atoms with Gasteiger partial charge in [0.2, 0.25) is 0 Å². The third-order valence-electron chi connectivity index (χ3n) is 0.840. The number of carboxylic acid groups (broad SMARTS) is 2. The molecule has 0 bridgehead atoms. The van der Waals surface area contributed by atoms with Gasteiger partial charge in [0.1, 0.15) is 6.04 Å². The van der Waals surface area contributed by atoms with Gasteiger partial charge in [0.05, 0.1) is 5.75 Å². The molecule has 0 saturated carbocycles. The van der Waals surface area contributed by atoms with Gasteiger partial charge in [-0.05, 0) is 0 Å². The third-order valence-corrected chi connectivity index (χ3v) is 1.89. The average Bonchev–Trinajstić information content (AvgIpc) is 1.86. The maximum Gasteiger partial charge on any atom is 1.00 e. The van der Waals surface area contributed by atoms with Gasteiger partial charge < -0.3 is 17.4 Å². The minimum atomic E-state index is -1.11. The quantitative estimate of drug-likeness (QED) is 0.398. The van der Waals surface area contributed by atoms with E-state index < -0.39 is 18.0 Å². The van der Waals surface area contributed by atoms with Gasteiger partial charge in [-0.2, -0.15) is 0 Å². The second-order valence-corrected chi connectivity index (χ2v) is 2.88. The van der Waals surface area contributed by atoms with Crippen molar-refractivity contribution in [2.75, 3.05) is 11.5 Å². The minimum Gasteiger partial charge on any atom is -1.00 e. The summed E-state index contributed by atoms with van der Waals surface area (Å²) in [5.41, 5.74) is 5.09. The Morgan fingerprint density at radius 1 is 1.50 bits per heavy atom. The fourth-order valence-corrected chi connectivity index (χ4v) is 1.03. The van der Waals surface area contributed by atoms with Gasteiger partial charge in [0.25, 0.3) is 0 Å². The predicted molar refractivity (Wildman–Crippen MR) is 41.7 cm³/mol. The van der Waals surface area contributed by atoms with Gasteiger partial charge in [-0.25, -0.2) is 0 Å². The van der Waals surface area contributed by atoms with Crippen LogP contribution < -0.4 is 35.3 Å². The molecule has 0 amide bonds. The number of rotatable bonds is 5. The van der Waals surface area contributed by atoms with Crippen molar-refractivity contribution in [2.24, 2.45) is 5.73 Å². The van der Waals surface area contributed by atoms with Crippen molar-refractivity contribution < 1.29 is 50.8 Å². The first-order valence-electron chi connectivity index (χ1n) is 2.82. The summed E-state index contributed by atoms with van der Waals surface area (Å²) in [5, 5.41) is 16.4. The monoisotopic (exact) mass is 203 g/mol. The number of nitrogens with two attached hydrogens (primary N) is 1. The molecule has 0 aromatic carbocycles. The van der Waals surface area contributed by atoms with Crippen LogP contribution in [0.15, 0.2) is 0 Å². The summed E-state index contributed by atoms with van der Waals surface area (Å²) in [5.74, 6) is -2.06. The predicted octanol–water partition coefficient (Wildman–Crippen LogP) is -3.67. The Balaban J connectivity index is -0.000000500. The van der Waals surface area contributed by atoms with E-state index in [1.807, 2.05) is 0 Å². The maximum atomic E-state index is 10.1. The van der Waals surface area contributed by atoms with Crippen molar-refractivity contribution in [3.8, 4) is 0 Å². The van der Waals surface area contributed by atoms with Crippen molar-refractivity contribution in [1.82, 2.24) is 0 Å². The van der Waals surface area contributed by atoms with E-state index in [9.17, 15) is 9.59 Å². The molecule has 0 radical (unpaired) electrons. The molecule has 4 N–H and O–H groups in total. The van der Waals surface area contributed by atoms with Gasteiger partial charge in [-0.1, -0.05) is 0 Å². The van der Waals surface area contributed by atoms with Crippen molar-refractivity contribution in [1.29, 1.82) is 0 Å². The normalized spacial score (nSPS) is 11.4. The molecule has 12 heavy (non-hydrogen) atoms. The Morgan fingerprint density at radius 3 is 2.33 bits per heavy atom. The van der Waals surface area contributed by atoms with Gasteiger partial charge in [0.15, 0.2) is 0 Å². The minimum absolute atomic E-state index is 0.